The average molecular weight is 480 g/mol. The van der Waals surface area contributed by atoms with Crippen molar-refractivity contribution < 1.29 is 40.2 Å². The summed E-state index contributed by atoms with van der Waals surface area (Å²) in [5.74, 6) is -6.61. The molecule has 34 heavy (non-hydrogen) atoms. The normalized spacial score (nSPS) is 11.3. The summed E-state index contributed by atoms with van der Waals surface area (Å²) in [6, 6.07) is 9.98. The molecule has 0 saturated heterocycles. The predicted octanol–water partition coefficient (Wildman–Crippen LogP) is 7.87. The summed E-state index contributed by atoms with van der Waals surface area (Å²) >= 11 is 0. The second-order valence-electron chi connectivity index (χ2n) is 7.21. The van der Waals surface area contributed by atoms with Crippen LogP contribution in [-0.2, 0) is 0 Å². The zero-order valence-corrected chi connectivity index (χ0v) is 17.4. The van der Waals surface area contributed by atoms with Gasteiger partial charge in [-0.2, -0.15) is 8.78 Å². The standard InChI is InChI=1S/C25H15F7O2/c1-2-33-15-10-19(27)22(20(28)11-15)13-4-5-16(18(26)8-13)12-3-6-17-14(7-12)9-21(29)24(23(17)30)34-25(31)32/h3-11,25H,2H2,1H3. The van der Waals surface area contributed by atoms with Crippen molar-refractivity contribution in [2.24, 2.45) is 0 Å². The minimum atomic E-state index is -3.42. The Balaban J connectivity index is 1.74. The number of hydrogen-bond acceptors (Lipinski definition) is 2. The first-order valence-electron chi connectivity index (χ1n) is 9.98. The van der Waals surface area contributed by atoms with Crippen LogP contribution >= 0.6 is 0 Å². The van der Waals surface area contributed by atoms with Gasteiger partial charge in [-0.25, -0.2) is 22.0 Å². The van der Waals surface area contributed by atoms with Crippen LogP contribution in [0.5, 0.6) is 11.5 Å². The van der Waals surface area contributed by atoms with Crippen molar-refractivity contribution in [3.63, 3.8) is 0 Å². The summed E-state index contributed by atoms with van der Waals surface area (Å²) in [5.41, 5.74) is -0.314. The van der Waals surface area contributed by atoms with Crippen LogP contribution in [0.1, 0.15) is 6.92 Å². The van der Waals surface area contributed by atoms with Crippen molar-refractivity contribution in [1.82, 2.24) is 0 Å². The maximum Gasteiger partial charge on any atom is 0.387 e. The van der Waals surface area contributed by atoms with E-state index in [1.165, 1.54) is 24.3 Å². The second-order valence-corrected chi connectivity index (χ2v) is 7.21. The Bertz CT molecular complexity index is 1360. The van der Waals surface area contributed by atoms with Gasteiger partial charge in [0.05, 0.1) is 12.2 Å². The van der Waals surface area contributed by atoms with Crippen LogP contribution in [0, 0.1) is 29.1 Å². The summed E-state index contributed by atoms with van der Waals surface area (Å²) < 4.78 is 106. The van der Waals surface area contributed by atoms with Crippen LogP contribution in [0.15, 0.2) is 54.6 Å². The topological polar surface area (TPSA) is 18.5 Å². The molecule has 0 aliphatic carbocycles. The molecule has 0 unspecified atom stereocenters. The van der Waals surface area contributed by atoms with E-state index < -0.39 is 47.0 Å². The molecule has 4 aromatic rings. The SMILES string of the molecule is CCOc1cc(F)c(-c2ccc(-c3ccc4c(F)c(OC(F)F)c(F)cc4c3)c(F)c2)c(F)c1. The molecule has 0 aliphatic rings. The van der Waals surface area contributed by atoms with Crippen molar-refractivity contribution in [3.05, 3.63) is 83.7 Å². The first kappa shape index (κ1) is 23.4. The van der Waals surface area contributed by atoms with Gasteiger partial charge in [0.15, 0.2) is 17.4 Å². The van der Waals surface area contributed by atoms with Gasteiger partial charge in [0, 0.05) is 23.1 Å². The molecule has 0 aliphatic heterocycles. The van der Waals surface area contributed by atoms with Crippen molar-refractivity contribution >= 4 is 10.8 Å². The van der Waals surface area contributed by atoms with Crippen molar-refractivity contribution in [2.75, 3.05) is 6.61 Å². The first-order valence-corrected chi connectivity index (χ1v) is 9.98. The zero-order chi connectivity index (χ0) is 24.6. The van der Waals surface area contributed by atoms with Crippen LogP contribution in [0.2, 0.25) is 0 Å². The first-order chi connectivity index (χ1) is 16.2. The average Bonchev–Trinajstić information content (AvgIpc) is 2.76. The Hall–Kier alpha value is -3.75. The predicted molar refractivity (Wildman–Crippen MR) is 112 cm³/mol. The molecule has 0 spiro atoms. The smallest absolute Gasteiger partial charge is 0.387 e. The van der Waals surface area contributed by atoms with Crippen molar-refractivity contribution in [2.45, 2.75) is 13.5 Å². The third kappa shape index (κ3) is 4.37. The molecule has 4 aromatic carbocycles. The fraction of sp³-hybridized carbons (Fsp3) is 0.120. The summed E-state index contributed by atoms with van der Waals surface area (Å²) in [4.78, 5) is 0. The zero-order valence-electron chi connectivity index (χ0n) is 17.4. The van der Waals surface area contributed by atoms with E-state index in [0.717, 1.165) is 30.3 Å². The molecular formula is C25H15F7O2. The van der Waals surface area contributed by atoms with Crippen LogP contribution in [0.3, 0.4) is 0 Å². The molecule has 176 valence electrons. The number of ether oxygens (including phenoxy) is 2. The van der Waals surface area contributed by atoms with Crippen LogP contribution < -0.4 is 9.47 Å². The van der Waals surface area contributed by atoms with Gasteiger partial charge in [0.1, 0.15) is 23.2 Å². The van der Waals surface area contributed by atoms with Crippen molar-refractivity contribution in [3.8, 4) is 33.8 Å². The molecule has 0 aromatic heterocycles. The maximum absolute atomic E-state index is 14.9. The van der Waals surface area contributed by atoms with Crippen LogP contribution in [0.4, 0.5) is 30.7 Å². The van der Waals surface area contributed by atoms with Gasteiger partial charge in [0.2, 0.25) is 0 Å². The third-order valence-electron chi connectivity index (χ3n) is 5.09. The molecule has 0 radical (unpaired) electrons. The van der Waals surface area contributed by atoms with Crippen LogP contribution in [0.25, 0.3) is 33.0 Å². The highest BCUT2D eigenvalue weighted by Crippen LogP contribution is 2.36. The van der Waals surface area contributed by atoms with E-state index in [0.29, 0.717) is 0 Å². The summed E-state index contributed by atoms with van der Waals surface area (Å²) in [6.45, 7) is -1.55. The summed E-state index contributed by atoms with van der Waals surface area (Å²) in [5, 5.41) is -0.238. The molecule has 0 atom stereocenters. The lowest BCUT2D eigenvalue weighted by Crippen LogP contribution is -2.06. The minimum Gasteiger partial charge on any atom is -0.494 e. The lowest BCUT2D eigenvalue weighted by Gasteiger charge is -2.12. The molecule has 0 heterocycles. The van der Waals surface area contributed by atoms with E-state index in [-0.39, 0.29) is 39.8 Å². The maximum atomic E-state index is 14.9. The Morgan fingerprint density at radius 3 is 2.03 bits per heavy atom. The quantitative estimate of drug-likeness (QED) is 0.262. The Labute approximate surface area is 189 Å². The van der Waals surface area contributed by atoms with E-state index in [1.54, 1.807) is 6.92 Å². The number of rotatable bonds is 6. The van der Waals surface area contributed by atoms with Gasteiger partial charge in [-0.15, -0.1) is 0 Å². The van der Waals surface area contributed by atoms with Gasteiger partial charge in [-0.1, -0.05) is 24.3 Å². The monoisotopic (exact) mass is 480 g/mol. The van der Waals surface area contributed by atoms with E-state index in [9.17, 15) is 30.7 Å². The summed E-state index contributed by atoms with van der Waals surface area (Å²) in [6.07, 6.45) is 0. The Kier molecular flexibility index (Phi) is 6.37. The Morgan fingerprint density at radius 2 is 1.41 bits per heavy atom. The molecule has 0 fully saturated rings. The molecule has 0 saturated carbocycles. The lowest BCUT2D eigenvalue weighted by molar-refractivity contribution is -0.0544. The third-order valence-corrected chi connectivity index (χ3v) is 5.09. The minimum absolute atomic E-state index is 0.00363. The van der Waals surface area contributed by atoms with Gasteiger partial charge >= 0.3 is 6.61 Å². The molecule has 9 heteroatoms. The second kappa shape index (κ2) is 9.24. The largest absolute Gasteiger partial charge is 0.494 e. The van der Waals surface area contributed by atoms with Gasteiger partial charge in [0.25, 0.3) is 0 Å². The van der Waals surface area contributed by atoms with Crippen LogP contribution in [-0.4, -0.2) is 13.2 Å². The highest BCUT2D eigenvalue weighted by atomic mass is 19.3. The molecular weight excluding hydrogens is 465 g/mol. The fourth-order valence-corrected chi connectivity index (χ4v) is 3.66. The van der Waals surface area contributed by atoms with Crippen molar-refractivity contribution in [1.29, 1.82) is 0 Å². The molecule has 0 bridgehead atoms. The molecule has 4 rings (SSSR count). The fourth-order valence-electron chi connectivity index (χ4n) is 3.66. The highest BCUT2D eigenvalue weighted by Gasteiger charge is 2.20. The Morgan fingerprint density at radius 1 is 0.735 bits per heavy atom. The highest BCUT2D eigenvalue weighted by molar-refractivity contribution is 5.89. The number of benzene rings is 4. The van der Waals surface area contributed by atoms with E-state index in [4.69, 9.17) is 4.74 Å². The number of hydrogen-bond donors (Lipinski definition) is 0. The lowest BCUT2D eigenvalue weighted by atomic mass is 9.97. The van der Waals surface area contributed by atoms with E-state index in [2.05, 4.69) is 4.74 Å². The van der Waals surface area contributed by atoms with Gasteiger partial charge < -0.3 is 9.47 Å². The molecule has 2 nitrogen and oxygen atoms in total. The number of alkyl halides is 2. The van der Waals surface area contributed by atoms with E-state index >= 15 is 0 Å². The van der Waals surface area contributed by atoms with E-state index in [1.807, 2.05) is 0 Å². The molecule has 0 amide bonds. The number of fused-ring (bicyclic) bond motifs is 1. The molecule has 0 N–H and O–H groups in total. The summed E-state index contributed by atoms with van der Waals surface area (Å²) in [7, 11) is 0. The number of halogens is 7. The van der Waals surface area contributed by atoms with Gasteiger partial charge in [-0.05, 0) is 41.6 Å². The van der Waals surface area contributed by atoms with Gasteiger partial charge in [-0.3, -0.25) is 0 Å².